The second kappa shape index (κ2) is 5.52. The zero-order valence-electron chi connectivity index (χ0n) is 14.8. The van der Waals surface area contributed by atoms with Crippen LogP contribution >= 0.6 is 0 Å². The summed E-state index contributed by atoms with van der Waals surface area (Å²) in [5, 5.41) is 1.32. The molecule has 5 rings (SSSR count). The van der Waals surface area contributed by atoms with Gasteiger partial charge in [0.15, 0.2) is 0 Å². The number of allylic oxidation sites excluding steroid dienone is 1. The molecule has 2 aliphatic rings. The number of benzene rings is 2. The third kappa shape index (κ3) is 2.31. The molecule has 0 radical (unpaired) electrons. The van der Waals surface area contributed by atoms with Crippen LogP contribution in [0, 0.1) is 0 Å². The molecule has 1 fully saturated rings. The molecule has 1 unspecified atom stereocenters. The number of anilines is 1. The molecule has 2 aromatic carbocycles. The van der Waals surface area contributed by atoms with Gasteiger partial charge in [-0.25, -0.2) is 0 Å². The van der Waals surface area contributed by atoms with Gasteiger partial charge in [0.2, 0.25) is 0 Å². The number of fused-ring (bicyclic) bond motifs is 2. The Morgan fingerprint density at radius 2 is 1.84 bits per heavy atom. The van der Waals surface area contributed by atoms with Gasteiger partial charge in [0, 0.05) is 43.5 Å². The summed E-state index contributed by atoms with van der Waals surface area (Å²) >= 11 is 0. The average molecular weight is 328 g/mol. The maximum atomic E-state index is 4.48. The fraction of sp³-hybridized carbons (Fsp3) is 0.304. The van der Waals surface area contributed by atoms with Crippen molar-refractivity contribution in [1.82, 2.24) is 4.57 Å². The zero-order chi connectivity index (χ0) is 17.0. The molecule has 0 spiro atoms. The molecule has 0 N–H and O–H groups in total. The van der Waals surface area contributed by atoms with Crippen LogP contribution in [0.15, 0.2) is 55.2 Å². The molecule has 1 atom stereocenters. The van der Waals surface area contributed by atoms with E-state index in [4.69, 9.17) is 0 Å². The Kier molecular flexibility index (Phi) is 3.27. The number of nitrogens with zero attached hydrogens (tertiary/aromatic N) is 2. The highest BCUT2D eigenvalue weighted by atomic mass is 15.1. The van der Waals surface area contributed by atoms with Gasteiger partial charge in [0.05, 0.1) is 0 Å². The van der Waals surface area contributed by atoms with Gasteiger partial charge >= 0.3 is 0 Å². The van der Waals surface area contributed by atoms with Crippen LogP contribution in [0.3, 0.4) is 0 Å². The van der Waals surface area contributed by atoms with Gasteiger partial charge < -0.3 is 9.47 Å². The summed E-state index contributed by atoms with van der Waals surface area (Å²) in [4.78, 5) is 2.51. The van der Waals surface area contributed by atoms with Crippen LogP contribution in [-0.4, -0.2) is 17.7 Å². The van der Waals surface area contributed by atoms with Crippen molar-refractivity contribution in [2.24, 2.45) is 7.05 Å². The van der Waals surface area contributed by atoms with E-state index in [1.54, 1.807) is 0 Å². The largest absolute Gasteiger partial charge is 0.372 e. The summed E-state index contributed by atoms with van der Waals surface area (Å²) in [5.41, 5.74) is 8.17. The number of aromatic nitrogens is 1. The molecule has 1 aromatic heterocycles. The molecule has 0 amide bonds. The number of rotatable bonds is 2. The van der Waals surface area contributed by atoms with Gasteiger partial charge in [-0.3, -0.25) is 0 Å². The van der Waals surface area contributed by atoms with E-state index >= 15 is 0 Å². The fourth-order valence-corrected chi connectivity index (χ4v) is 4.58. The topological polar surface area (TPSA) is 8.17 Å². The predicted molar refractivity (Wildman–Crippen MR) is 106 cm³/mol. The van der Waals surface area contributed by atoms with Gasteiger partial charge in [0.1, 0.15) is 0 Å². The van der Waals surface area contributed by atoms with Gasteiger partial charge in [-0.2, -0.15) is 0 Å². The second-order valence-electron chi connectivity index (χ2n) is 7.56. The van der Waals surface area contributed by atoms with Crippen LogP contribution < -0.4 is 4.90 Å². The maximum Gasteiger partial charge on any atom is 0.0477 e. The van der Waals surface area contributed by atoms with Crippen LogP contribution in [0.25, 0.3) is 16.5 Å². The Balaban J connectivity index is 1.49. The van der Waals surface area contributed by atoms with Gasteiger partial charge in [0.25, 0.3) is 0 Å². The van der Waals surface area contributed by atoms with Crippen LogP contribution in [0.4, 0.5) is 5.69 Å². The molecule has 0 saturated carbocycles. The normalized spacial score (nSPS) is 19.8. The minimum atomic E-state index is 0.411. The molecule has 1 aliphatic carbocycles. The molecule has 126 valence electrons. The van der Waals surface area contributed by atoms with Gasteiger partial charge in [-0.05, 0) is 77.2 Å². The quantitative estimate of drug-likeness (QED) is 0.633. The number of hydrogen-bond donors (Lipinski definition) is 0. The zero-order valence-corrected chi connectivity index (χ0v) is 14.8. The first-order valence-electron chi connectivity index (χ1n) is 9.33. The monoisotopic (exact) mass is 328 g/mol. The fourth-order valence-electron chi connectivity index (χ4n) is 4.58. The van der Waals surface area contributed by atoms with E-state index in [0.717, 1.165) is 6.42 Å². The molecule has 1 saturated heterocycles. The van der Waals surface area contributed by atoms with Crippen molar-refractivity contribution in [2.75, 3.05) is 18.0 Å². The molecule has 1 aliphatic heterocycles. The standard InChI is InChI=1S/C23H24N2/c1-16-21(17-6-8-23-19(13-17)9-12-24(23)2)14-18-5-7-20(15-22(16)18)25-10-3-4-11-25/h5-9,12-13,15,21H,1,3-4,10-11,14H2,2H3. The van der Waals surface area contributed by atoms with E-state index in [9.17, 15) is 0 Å². The first-order valence-corrected chi connectivity index (χ1v) is 9.33. The van der Waals surface area contributed by atoms with E-state index in [0.29, 0.717) is 5.92 Å². The molecule has 25 heavy (non-hydrogen) atoms. The maximum absolute atomic E-state index is 4.48. The highest BCUT2D eigenvalue weighted by Crippen LogP contribution is 2.44. The predicted octanol–water partition coefficient (Wildman–Crippen LogP) is 5.13. The van der Waals surface area contributed by atoms with Crippen LogP contribution in [0.5, 0.6) is 0 Å². The summed E-state index contributed by atoms with van der Waals surface area (Å²) in [7, 11) is 2.10. The van der Waals surface area contributed by atoms with Crippen molar-refractivity contribution in [3.8, 4) is 0 Å². The molecule has 0 bridgehead atoms. The Morgan fingerprint density at radius 1 is 1.00 bits per heavy atom. The van der Waals surface area contributed by atoms with Crippen molar-refractivity contribution < 1.29 is 0 Å². The smallest absolute Gasteiger partial charge is 0.0477 e. The second-order valence-corrected chi connectivity index (χ2v) is 7.56. The van der Waals surface area contributed by atoms with E-state index in [1.807, 2.05) is 0 Å². The Morgan fingerprint density at radius 3 is 2.68 bits per heavy atom. The van der Waals surface area contributed by atoms with E-state index in [-0.39, 0.29) is 0 Å². The summed E-state index contributed by atoms with van der Waals surface area (Å²) in [6.07, 6.45) is 5.84. The van der Waals surface area contributed by atoms with E-state index < -0.39 is 0 Å². The van der Waals surface area contributed by atoms with Crippen LogP contribution in [0.2, 0.25) is 0 Å². The molecular formula is C23H24N2. The lowest BCUT2D eigenvalue weighted by Gasteiger charge is -2.18. The van der Waals surface area contributed by atoms with Gasteiger partial charge in [-0.1, -0.05) is 18.7 Å². The lowest BCUT2D eigenvalue weighted by molar-refractivity contribution is 0.900. The molecule has 3 aromatic rings. The third-order valence-corrected chi connectivity index (χ3v) is 6.07. The summed E-state index contributed by atoms with van der Waals surface area (Å²) in [6, 6.07) is 16.1. The van der Waals surface area contributed by atoms with Crippen molar-refractivity contribution in [3.63, 3.8) is 0 Å². The van der Waals surface area contributed by atoms with Gasteiger partial charge in [-0.15, -0.1) is 0 Å². The molecule has 2 nitrogen and oxygen atoms in total. The third-order valence-electron chi connectivity index (χ3n) is 6.07. The summed E-state index contributed by atoms with van der Waals surface area (Å²) in [6.45, 7) is 6.87. The highest BCUT2D eigenvalue weighted by Gasteiger charge is 2.28. The van der Waals surface area contributed by atoms with Crippen molar-refractivity contribution in [1.29, 1.82) is 0 Å². The lowest BCUT2D eigenvalue weighted by Crippen LogP contribution is -2.17. The highest BCUT2D eigenvalue weighted by molar-refractivity contribution is 5.84. The van der Waals surface area contributed by atoms with Crippen molar-refractivity contribution in [3.05, 3.63) is 71.9 Å². The minimum Gasteiger partial charge on any atom is -0.372 e. The Labute approximate surface area is 149 Å². The first kappa shape index (κ1) is 14.8. The SMILES string of the molecule is C=C1c2cc(N3CCCC3)ccc2CC1c1ccc2c(ccn2C)c1. The van der Waals surface area contributed by atoms with E-state index in [2.05, 4.69) is 71.8 Å². The summed E-state index contributed by atoms with van der Waals surface area (Å²) in [5.74, 6) is 0.411. The van der Waals surface area contributed by atoms with Crippen molar-refractivity contribution in [2.45, 2.75) is 25.2 Å². The van der Waals surface area contributed by atoms with Crippen LogP contribution in [0.1, 0.15) is 35.4 Å². The minimum absolute atomic E-state index is 0.411. The molecular weight excluding hydrogens is 304 g/mol. The number of aryl methyl sites for hydroxylation is 1. The first-order chi connectivity index (χ1) is 12.2. The molecule has 2 heteroatoms. The Hall–Kier alpha value is -2.48. The van der Waals surface area contributed by atoms with Crippen molar-refractivity contribution >= 4 is 22.2 Å². The number of hydrogen-bond acceptors (Lipinski definition) is 1. The average Bonchev–Trinajstić information content (AvgIpc) is 3.35. The van der Waals surface area contributed by atoms with E-state index in [1.165, 1.54) is 64.8 Å². The molecule has 2 heterocycles. The summed E-state index contributed by atoms with van der Waals surface area (Å²) < 4.78 is 2.18. The van der Waals surface area contributed by atoms with Crippen LogP contribution in [-0.2, 0) is 13.5 Å². The lowest BCUT2D eigenvalue weighted by atomic mass is 9.92. The Bertz CT molecular complexity index is 973.